The van der Waals surface area contributed by atoms with E-state index in [4.69, 9.17) is 16.3 Å². The summed E-state index contributed by atoms with van der Waals surface area (Å²) in [5.74, 6) is 0.218. The standard InChI is InChI=1S/C18H22ClN3O4S/c1-11-9-16(17(26-3)10-15(11)19)21-18(23)12(2)20-13-5-7-14(8-6-13)22-27(4,24)25/h5-10,12,20,22H,1-4H3,(H,21,23). The van der Waals surface area contributed by atoms with Gasteiger partial charge in [0.15, 0.2) is 0 Å². The van der Waals surface area contributed by atoms with Crippen LogP contribution in [0.1, 0.15) is 12.5 Å². The second-order valence-corrected chi connectivity index (χ2v) is 8.26. The van der Waals surface area contributed by atoms with Gasteiger partial charge in [-0.3, -0.25) is 9.52 Å². The van der Waals surface area contributed by atoms with E-state index in [9.17, 15) is 13.2 Å². The molecule has 0 heterocycles. The van der Waals surface area contributed by atoms with Gasteiger partial charge in [0.25, 0.3) is 0 Å². The SMILES string of the molecule is COc1cc(Cl)c(C)cc1NC(=O)C(C)Nc1ccc(NS(C)(=O)=O)cc1. The Morgan fingerprint density at radius 1 is 1.15 bits per heavy atom. The molecule has 3 N–H and O–H groups in total. The van der Waals surface area contributed by atoms with Crippen molar-refractivity contribution < 1.29 is 17.9 Å². The molecule has 27 heavy (non-hydrogen) atoms. The first-order valence-corrected chi connectivity index (χ1v) is 10.4. The summed E-state index contributed by atoms with van der Waals surface area (Å²) in [5, 5.41) is 6.43. The van der Waals surface area contributed by atoms with Crippen LogP contribution in [0.5, 0.6) is 5.75 Å². The second-order valence-electron chi connectivity index (χ2n) is 6.11. The largest absolute Gasteiger partial charge is 0.495 e. The summed E-state index contributed by atoms with van der Waals surface area (Å²) < 4.78 is 30.1. The molecule has 146 valence electrons. The summed E-state index contributed by atoms with van der Waals surface area (Å²) in [6.45, 7) is 3.55. The van der Waals surface area contributed by atoms with E-state index in [-0.39, 0.29) is 5.91 Å². The van der Waals surface area contributed by atoms with Crippen molar-refractivity contribution in [3.05, 3.63) is 47.0 Å². The highest BCUT2D eigenvalue weighted by Crippen LogP contribution is 2.31. The van der Waals surface area contributed by atoms with Crippen molar-refractivity contribution in [1.82, 2.24) is 0 Å². The zero-order valence-electron chi connectivity index (χ0n) is 15.5. The molecule has 9 heteroatoms. The molecule has 2 aromatic carbocycles. The Morgan fingerprint density at radius 3 is 2.30 bits per heavy atom. The number of carbonyl (C=O) groups excluding carboxylic acids is 1. The van der Waals surface area contributed by atoms with E-state index in [1.807, 2.05) is 6.92 Å². The van der Waals surface area contributed by atoms with Crippen LogP contribution >= 0.6 is 11.6 Å². The number of nitrogens with one attached hydrogen (secondary N) is 3. The minimum atomic E-state index is -3.33. The lowest BCUT2D eigenvalue weighted by Gasteiger charge is -2.17. The number of benzene rings is 2. The summed E-state index contributed by atoms with van der Waals surface area (Å²) in [6, 6.07) is 9.45. The Morgan fingerprint density at radius 2 is 1.74 bits per heavy atom. The molecule has 1 unspecified atom stereocenters. The van der Waals surface area contributed by atoms with E-state index < -0.39 is 16.1 Å². The Balaban J connectivity index is 2.05. The number of methoxy groups -OCH3 is 1. The van der Waals surface area contributed by atoms with Crippen LogP contribution in [0.3, 0.4) is 0 Å². The molecule has 0 aromatic heterocycles. The quantitative estimate of drug-likeness (QED) is 0.648. The molecule has 0 saturated heterocycles. The average Bonchev–Trinajstić information content (AvgIpc) is 2.58. The topological polar surface area (TPSA) is 96.5 Å². The van der Waals surface area contributed by atoms with Crippen LogP contribution < -0.4 is 20.1 Å². The van der Waals surface area contributed by atoms with Crippen LogP contribution in [0.15, 0.2) is 36.4 Å². The highest BCUT2D eigenvalue weighted by molar-refractivity contribution is 7.92. The van der Waals surface area contributed by atoms with Crippen LogP contribution in [0, 0.1) is 6.92 Å². The Labute approximate surface area is 164 Å². The number of amides is 1. The molecular formula is C18H22ClN3O4S. The van der Waals surface area contributed by atoms with Gasteiger partial charge >= 0.3 is 0 Å². The first-order valence-electron chi connectivity index (χ1n) is 8.08. The van der Waals surface area contributed by atoms with Crippen molar-refractivity contribution in [2.24, 2.45) is 0 Å². The van der Waals surface area contributed by atoms with Gasteiger partial charge in [0, 0.05) is 22.5 Å². The lowest BCUT2D eigenvalue weighted by Crippen LogP contribution is -2.32. The van der Waals surface area contributed by atoms with E-state index in [1.165, 1.54) is 7.11 Å². The molecule has 7 nitrogen and oxygen atoms in total. The van der Waals surface area contributed by atoms with E-state index in [1.54, 1.807) is 43.3 Å². The van der Waals surface area contributed by atoms with E-state index in [0.29, 0.717) is 27.8 Å². The van der Waals surface area contributed by atoms with E-state index in [2.05, 4.69) is 15.4 Å². The number of hydrogen-bond donors (Lipinski definition) is 3. The van der Waals surface area contributed by atoms with Gasteiger partial charge in [-0.15, -0.1) is 0 Å². The highest BCUT2D eigenvalue weighted by Gasteiger charge is 2.16. The minimum absolute atomic E-state index is 0.256. The number of rotatable bonds is 7. The predicted molar refractivity (Wildman–Crippen MR) is 109 cm³/mol. The van der Waals surface area contributed by atoms with Gasteiger partial charge < -0.3 is 15.4 Å². The van der Waals surface area contributed by atoms with Gasteiger partial charge in [-0.05, 0) is 49.7 Å². The lowest BCUT2D eigenvalue weighted by molar-refractivity contribution is -0.116. The van der Waals surface area contributed by atoms with E-state index >= 15 is 0 Å². The fraction of sp³-hybridized carbons (Fsp3) is 0.278. The van der Waals surface area contributed by atoms with Crippen molar-refractivity contribution in [3.8, 4) is 5.75 Å². The fourth-order valence-electron chi connectivity index (χ4n) is 2.33. The molecular weight excluding hydrogens is 390 g/mol. The van der Waals surface area contributed by atoms with Crippen molar-refractivity contribution in [2.45, 2.75) is 19.9 Å². The van der Waals surface area contributed by atoms with Gasteiger partial charge in [0.2, 0.25) is 15.9 Å². The molecule has 0 radical (unpaired) electrons. The maximum absolute atomic E-state index is 12.5. The van der Waals surface area contributed by atoms with Gasteiger partial charge in [0.05, 0.1) is 19.1 Å². The molecule has 1 atom stereocenters. The molecule has 0 spiro atoms. The zero-order valence-corrected chi connectivity index (χ0v) is 17.0. The molecule has 0 saturated carbocycles. The highest BCUT2D eigenvalue weighted by atomic mass is 35.5. The third-order valence-electron chi connectivity index (χ3n) is 3.70. The van der Waals surface area contributed by atoms with Crippen molar-refractivity contribution in [3.63, 3.8) is 0 Å². The Bertz CT molecular complexity index is 930. The van der Waals surface area contributed by atoms with Crippen molar-refractivity contribution in [2.75, 3.05) is 28.7 Å². The number of hydrogen-bond acceptors (Lipinski definition) is 5. The number of sulfonamides is 1. The zero-order chi connectivity index (χ0) is 20.2. The number of carbonyl (C=O) groups is 1. The minimum Gasteiger partial charge on any atom is -0.495 e. The van der Waals surface area contributed by atoms with Crippen LogP contribution in [-0.4, -0.2) is 33.7 Å². The number of anilines is 3. The Kier molecular flexibility index (Phi) is 6.56. The summed E-state index contributed by atoms with van der Waals surface area (Å²) in [7, 11) is -1.83. The van der Waals surface area contributed by atoms with Crippen LogP contribution in [0.2, 0.25) is 5.02 Å². The maximum Gasteiger partial charge on any atom is 0.246 e. The van der Waals surface area contributed by atoms with Gasteiger partial charge in [-0.1, -0.05) is 11.6 Å². The van der Waals surface area contributed by atoms with Crippen molar-refractivity contribution in [1.29, 1.82) is 0 Å². The second kappa shape index (κ2) is 8.49. The molecule has 0 fully saturated rings. The first kappa shape index (κ1) is 20.9. The summed E-state index contributed by atoms with van der Waals surface area (Å²) in [6.07, 6.45) is 1.08. The smallest absolute Gasteiger partial charge is 0.246 e. The van der Waals surface area contributed by atoms with Crippen LogP contribution in [0.4, 0.5) is 17.1 Å². The maximum atomic E-state index is 12.5. The monoisotopic (exact) mass is 411 g/mol. The van der Waals surface area contributed by atoms with Gasteiger partial charge in [-0.25, -0.2) is 8.42 Å². The number of aryl methyl sites for hydroxylation is 1. The summed E-state index contributed by atoms with van der Waals surface area (Å²) in [5.41, 5.74) is 2.48. The van der Waals surface area contributed by atoms with Gasteiger partial charge in [-0.2, -0.15) is 0 Å². The first-order chi connectivity index (χ1) is 12.6. The lowest BCUT2D eigenvalue weighted by atomic mass is 10.2. The average molecular weight is 412 g/mol. The number of halogens is 1. The number of ether oxygens (including phenoxy) is 1. The molecule has 2 aromatic rings. The Hall–Kier alpha value is -2.45. The molecule has 0 aliphatic rings. The summed E-state index contributed by atoms with van der Waals surface area (Å²) in [4.78, 5) is 12.5. The normalized spacial score (nSPS) is 12.2. The van der Waals surface area contributed by atoms with Crippen LogP contribution in [0.25, 0.3) is 0 Å². The van der Waals surface area contributed by atoms with Crippen molar-refractivity contribution >= 4 is 44.6 Å². The molecule has 1 amide bonds. The molecule has 2 rings (SSSR count). The van der Waals surface area contributed by atoms with Gasteiger partial charge in [0.1, 0.15) is 11.8 Å². The molecule has 0 bridgehead atoms. The predicted octanol–water partition coefficient (Wildman–Crippen LogP) is 3.47. The van der Waals surface area contributed by atoms with E-state index in [0.717, 1.165) is 11.8 Å². The van der Waals surface area contributed by atoms with Crippen LogP contribution in [-0.2, 0) is 14.8 Å². The fourth-order valence-corrected chi connectivity index (χ4v) is 3.05. The molecule has 0 aliphatic heterocycles. The summed E-state index contributed by atoms with van der Waals surface area (Å²) >= 11 is 6.08. The third-order valence-corrected chi connectivity index (χ3v) is 4.72. The molecule has 0 aliphatic carbocycles. The third kappa shape index (κ3) is 6.04.